The van der Waals surface area contributed by atoms with E-state index in [2.05, 4.69) is 0 Å². The minimum Gasteiger partial charge on any atom is -0.504 e. The molecule has 0 atom stereocenters. The molecule has 0 spiro atoms. The summed E-state index contributed by atoms with van der Waals surface area (Å²) >= 11 is 0. The van der Waals surface area contributed by atoms with Gasteiger partial charge in [-0.25, -0.2) is 0 Å². The van der Waals surface area contributed by atoms with Gasteiger partial charge in [0.15, 0.2) is 23.0 Å². The molecule has 10 heteroatoms. The van der Waals surface area contributed by atoms with Crippen LogP contribution in [0.2, 0.25) is 0 Å². The fourth-order valence-electron chi connectivity index (χ4n) is 2.99. The molecular weight excluding hydrogens is 388 g/mol. The Kier molecular flexibility index (Phi) is 4.27. The van der Waals surface area contributed by atoms with E-state index < -0.39 is 68.6 Å². The van der Waals surface area contributed by atoms with E-state index in [1.165, 1.54) is 18.2 Å². The van der Waals surface area contributed by atoms with Crippen LogP contribution in [0.15, 0.2) is 18.2 Å². The topological polar surface area (TPSA) is 202 Å². The predicted molar refractivity (Wildman–Crippen MR) is 98.7 cm³/mol. The zero-order valence-corrected chi connectivity index (χ0v) is 14.7. The molecule has 0 aromatic heterocycles. The lowest BCUT2D eigenvalue weighted by Crippen LogP contribution is -1.89. The van der Waals surface area contributed by atoms with Gasteiger partial charge in [0, 0.05) is 0 Å². The van der Waals surface area contributed by atoms with Crippen LogP contribution in [-0.2, 0) is 0 Å². The number of hydrogen-bond donors (Lipinski definition) is 10. The van der Waals surface area contributed by atoms with E-state index in [0.29, 0.717) is 5.56 Å². The van der Waals surface area contributed by atoms with E-state index in [0.717, 1.165) is 0 Å². The van der Waals surface area contributed by atoms with Gasteiger partial charge in [0.2, 0.25) is 34.5 Å². The number of benzene rings is 3. The van der Waals surface area contributed by atoms with Crippen LogP contribution in [-0.4, -0.2) is 51.1 Å². The Morgan fingerprint density at radius 1 is 0.379 bits per heavy atom. The fourth-order valence-corrected chi connectivity index (χ4v) is 2.99. The normalized spacial score (nSPS) is 10.9. The first-order valence-electron chi connectivity index (χ1n) is 7.97. The summed E-state index contributed by atoms with van der Waals surface area (Å²) in [4.78, 5) is 0. The first-order chi connectivity index (χ1) is 13.5. The third-order valence-electron chi connectivity index (χ3n) is 4.40. The van der Waals surface area contributed by atoms with Gasteiger partial charge in [0.05, 0.1) is 11.1 Å². The minimum atomic E-state index is -1.14. The van der Waals surface area contributed by atoms with Gasteiger partial charge in [0.25, 0.3) is 0 Å². The van der Waals surface area contributed by atoms with E-state index in [4.69, 9.17) is 0 Å². The molecule has 0 bridgehead atoms. The largest absolute Gasteiger partial charge is 0.504 e. The molecule has 10 nitrogen and oxygen atoms in total. The van der Waals surface area contributed by atoms with Gasteiger partial charge in [-0.3, -0.25) is 0 Å². The quantitative estimate of drug-likeness (QED) is 0.223. The maximum Gasteiger partial charge on any atom is 0.208 e. The molecule has 0 aliphatic carbocycles. The predicted octanol–water partition coefficient (Wildman–Crippen LogP) is 2.39. The molecule has 3 rings (SSSR count). The summed E-state index contributed by atoms with van der Waals surface area (Å²) in [5, 5.41) is 98.6. The molecule has 0 unspecified atom stereocenters. The second-order valence-corrected chi connectivity index (χ2v) is 6.32. The smallest absolute Gasteiger partial charge is 0.208 e. The lowest BCUT2D eigenvalue weighted by Gasteiger charge is -2.16. The summed E-state index contributed by atoms with van der Waals surface area (Å²) < 4.78 is 0. The third kappa shape index (κ3) is 2.74. The molecule has 0 amide bonds. The van der Waals surface area contributed by atoms with Gasteiger partial charge in [-0.1, -0.05) is 12.1 Å². The number of phenolic OH excluding ortho intramolecular Hbond substituents is 10. The molecule has 3 aromatic rings. The van der Waals surface area contributed by atoms with Crippen molar-refractivity contribution in [2.75, 3.05) is 0 Å². The van der Waals surface area contributed by atoms with Crippen LogP contribution in [0, 0.1) is 6.92 Å². The average molecular weight is 404 g/mol. The first kappa shape index (κ1) is 19.4. The van der Waals surface area contributed by atoms with Gasteiger partial charge < -0.3 is 51.1 Å². The maximum atomic E-state index is 10.1. The fraction of sp³-hybridized carbons (Fsp3) is 0.0526. The van der Waals surface area contributed by atoms with E-state index in [1.54, 1.807) is 6.92 Å². The number of hydrogen-bond acceptors (Lipinski definition) is 10. The molecule has 3 aromatic carbocycles. The minimum absolute atomic E-state index is 0.0357. The Balaban J connectivity index is 2.37. The molecule has 0 aliphatic heterocycles. The van der Waals surface area contributed by atoms with Crippen molar-refractivity contribution < 1.29 is 51.1 Å². The van der Waals surface area contributed by atoms with Crippen LogP contribution in [0.5, 0.6) is 57.5 Å². The van der Waals surface area contributed by atoms with Crippen molar-refractivity contribution in [3.8, 4) is 79.7 Å². The van der Waals surface area contributed by atoms with Crippen molar-refractivity contribution in [3.05, 3.63) is 23.8 Å². The van der Waals surface area contributed by atoms with Crippen molar-refractivity contribution in [3.63, 3.8) is 0 Å². The molecular formula is C19H16O10. The van der Waals surface area contributed by atoms with Crippen LogP contribution < -0.4 is 0 Å². The molecule has 152 valence electrons. The molecule has 0 heterocycles. The Morgan fingerprint density at radius 3 is 0.897 bits per heavy atom. The highest BCUT2D eigenvalue weighted by Gasteiger charge is 2.27. The lowest BCUT2D eigenvalue weighted by atomic mass is 9.93. The molecule has 0 saturated carbocycles. The summed E-state index contributed by atoms with van der Waals surface area (Å²) in [5.74, 6) is -10.5. The summed E-state index contributed by atoms with van der Waals surface area (Å²) in [6.07, 6.45) is 0. The van der Waals surface area contributed by atoms with Crippen LogP contribution in [0.3, 0.4) is 0 Å². The standard InChI is InChI=1S/C19H16O10/c1-5-2-6(8-10(20)14(24)18(28)15(25)11(8)21)4-7(3-5)9-12(22)16(26)19(29)17(27)13(9)23/h2-4,20-29H,1H3. The highest BCUT2D eigenvalue weighted by Crippen LogP contribution is 2.57. The monoisotopic (exact) mass is 404 g/mol. The number of aryl methyl sites for hydroxylation is 1. The summed E-state index contributed by atoms with van der Waals surface area (Å²) in [7, 11) is 0. The van der Waals surface area contributed by atoms with Gasteiger partial charge in [-0.15, -0.1) is 0 Å². The van der Waals surface area contributed by atoms with Crippen LogP contribution >= 0.6 is 0 Å². The van der Waals surface area contributed by atoms with Crippen molar-refractivity contribution >= 4 is 0 Å². The second-order valence-electron chi connectivity index (χ2n) is 6.32. The summed E-state index contributed by atoms with van der Waals surface area (Å²) in [5.41, 5.74) is -0.602. The van der Waals surface area contributed by atoms with Crippen molar-refractivity contribution in [2.24, 2.45) is 0 Å². The Hall–Kier alpha value is -4.34. The van der Waals surface area contributed by atoms with Gasteiger partial charge >= 0.3 is 0 Å². The van der Waals surface area contributed by atoms with E-state index in [-0.39, 0.29) is 11.1 Å². The molecule has 10 N–H and O–H groups in total. The Labute approximate surface area is 162 Å². The summed E-state index contributed by atoms with van der Waals surface area (Å²) in [6.45, 7) is 1.55. The van der Waals surface area contributed by atoms with Crippen molar-refractivity contribution in [2.45, 2.75) is 6.92 Å². The molecule has 0 radical (unpaired) electrons. The third-order valence-corrected chi connectivity index (χ3v) is 4.40. The van der Waals surface area contributed by atoms with Crippen LogP contribution in [0.25, 0.3) is 22.3 Å². The van der Waals surface area contributed by atoms with Gasteiger partial charge in [-0.2, -0.15) is 0 Å². The van der Waals surface area contributed by atoms with Crippen LogP contribution in [0.1, 0.15) is 5.56 Å². The van der Waals surface area contributed by atoms with E-state index >= 15 is 0 Å². The van der Waals surface area contributed by atoms with Gasteiger partial charge in [-0.05, 0) is 29.7 Å². The number of rotatable bonds is 2. The summed E-state index contributed by atoms with van der Waals surface area (Å²) in [6, 6.07) is 3.95. The van der Waals surface area contributed by atoms with Crippen molar-refractivity contribution in [1.29, 1.82) is 0 Å². The number of aromatic hydroxyl groups is 10. The van der Waals surface area contributed by atoms with Crippen LogP contribution in [0.4, 0.5) is 0 Å². The highest BCUT2D eigenvalue weighted by molar-refractivity contribution is 5.90. The maximum absolute atomic E-state index is 10.1. The zero-order chi connectivity index (χ0) is 21.8. The zero-order valence-electron chi connectivity index (χ0n) is 14.7. The second kappa shape index (κ2) is 6.37. The molecule has 0 saturated heterocycles. The Morgan fingerprint density at radius 2 is 0.621 bits per heavy atom. The highest BCUT2D eigenvalue weighted by atomic mass is 16.4. The SMILES string of the molecule is Cc1cc(-c2c(O)c(O)c(O)c(O)c2O)cc(-c2c(O)c(O)c(O)c(O)c2O)c1. The van der Waals surface area contributed by atoms with Crippen molar-refractivity contribution in [1.82, 2.24) is 0 Å². The van der Waals surface area contributed by atoms with Gasteiger partial charge in [0.1, 0.15) is 0 Å². The van der Waals surface area contributed by atoms with E-state index in [1.807, 2.05) is 0 Å². The molecule has 0 fully saturated rings. The average Bonchev–Trinajstić information content (AvgIpc) is 2.67. The van der Waals surface area contributed by atoms with E-state index in [9.17, 15) is 51.1 Å². The Bertz CT molecular complexity index is 1020. The lowest BCUT2D eigenvalue weighted by molar-refractivity contribution is 0.330. The first-order valence-corrected chi connectivity index (χ1v) is 7.97. The number of phenols is 10. The molecule has 29 heavy (non-hydrogen) atoms. The molecule has 0 aliphatic rings.